The molecule has 0 bridgehead atoms. The standard InChI is InChI=1S/C20H30N4O5/c1-13-8-22(9-14(2)28-13)12-20(25)21-17-5-6-18(19(7-17)24(26)27)23-10-15(3)29-16(4)11-23/h5-7,13-16H,8-12H2,1-4H3,(H,21,25). The van der Waals surface area contributed by atoms with Gasteiger partial charge in [0.25, 0.3) is 5.69 Å². The molecule has 1 aromatic rings. The van der Waals surface area contributed by atoms with E-state index >= 15 is 0 Å². The first-order valence-electron chi connectivity index (χ1n) is 10.1. The summed E-state index contributed by atoms with van der Waals surface area (Å²) in [7, 11) is 0. The number of ether oxygens (including phenoxy) is 2. The van der Waals surface area contributed by atoms with Crippen LogP contribution in [0.3, 0.4) is 0 Å². The van der Waals surface area contributed by atoms with Gasteiger partial charge in [0.15, 0.2) is 0 Å². The van der Waals surface area contributed by atoms with E-state index in [4.69, 9.17) is 9.47 Å². The molecule has 2 aliphatic heterocycles. The summed E-state index contributed by atoms with van der Waals surface area (Å²) in [5, 5.41) is 14.5. The van der Waals surface area contributed by atoms with Gasteiger partial charge in [0.2, 0.25) is 5.91 Å². The minimum Gasteiger partial charge on any atom is -0.373 e. The Kier molecular flexibility index (Phi) is 6.71. The van der Waals surface area contributed by atoms with Gasteiger partial charge < -0.3 is 19.7 Å². The molecule has 4 unspecified atom stereocenters. The third-order valence-corrected chi connectivity index (χ3v) is 5.08. The Morgan fingerprint density at radius 2 is 1.62 bits per heavy atom. The van der Waals surface area contributed by atoms with Gasteiger partial charge in [0, 0.05) is 37.9 Å². The summed E-state index contributed by atoms with van der Waals surface area (Å²) in [5.41, 5.74) is 0.956. The first-order valence-corrected chi connectivity index (χ1v) is 10.1. The molecule has 9 nitrogen and oxygen atoms in total. The number of carbonyl (C=O) groups excluding carboxylic acids is 1. The Bertz CT molecular complexity index is 738. The monoisotopic (exact) mass is 406 g/mol. The summed E-state index contributed by atoms with van der Waals surface area (Å²) in [6.07, 6.45) is 0.141. The quantitative estimate of drug-likeness (QED) is 0.592. The number of nitrogens with one attached hydrogen (secondary N) is 1. The minimum absolute atomic E-state index is 0.00367. The van der Waals surface area contributed by atoms with Gasteiger partial charge in [-0.15, -0.1) is 0 Å². The summed E-state index contributed by atoms with van der Waals surface area (Å²) in [4.78, 5) is 27.7. The van der Waals surface area contributed by atoms with Crippen LogP contribution in [0, 0.1) is 10.1 Å². The van der Waals surface area contributed by atoms with Crippen molar-refractivity contribution in [2.75, 3.05) is 42.9 Å². The first kappa shape index (κ1) is 21.5. The van der Waals surface area contributed by atoms with Gasteiger partial charge in [-0.3, -0.25) is 19.8 Å². The van der Waals surface area contributed by atoms with Crippen molar-refractivity contribution in [1.82, 2.24) is 4.90 Å². The lowest BCUT2D eigenvalue weighted by Gasteiger charge is -2.36. The van der Waals surface area contributed by atoms with Gasteiger partial charge in [-0.05, 0) is 39.8 Å². The zero-order valence-electron chi connectivity index (χ0n) is 17.5. The highest BCUT2D eigenvalue weighted by Gasteiger charge is 2.28. The second-order valence-corrected chi connectivity index (χ2v) is 8.12. The first-order chi connectivity index (χ1) is 13.7. The molecule has 160 valence electrons. The van der Waals surface area contributed by atoms with Crippen LogP contribution in [-0.4, -0.2) is 72.9 Å². The fourth-order valence-electron chi connectivity index (χ4n) is 4.21. The summed E-state index contributed by atoms with van der Waals surface area (Å²) < 4.78 is 11.4. The molecule has 4 atom stereocenters. The molecule has 1 N–H and O–H groups in total. The number of nitro groups is 1. The largest absolute Gasteiger partial charge is 0.373 e. The van der Waals surface area contributed by atoms with E-state index < -0.39 is 4.92 Å². The summed E-state index contributed by atoms with van der Waals surface area (Å²) >= 11 is 0. The zero-order chi connectivity index (χ0) is 21.1. The van der Waals surface area contributed by atoms with E-state index in [0.717, 1.165) is 0 Å². The molecule has 0 spiro atoms. The number of nitrogens with zero attached hydrogens (tertiary/aromatic N) is 3. The van der Waals surface area contributed by atoms with E-state index in [1.165, 1.54) is 6.07 Å². The Balaban J connectivity index is 1.69. The fraction of sp³-hybridized carbons (Fsp3) is 0.650. The molecule has 3 rings (SSSR count). The molecule has 1 amide bonds. The molecule has 0 aromatic heterocycles. The van der Waals surface area contributed by atoms with Crippen LogP contribution in [0.4, 0.5) is 17.1 Å². The van der Waals surface area contributed by atoms with Crippen molar-refractivity contribution in [2.45, 2.75) is 52.1 Å². The minimum atomic E-state index is -0.402. The lowest BCUT2D eigenvalue weighted by atomic mass is 10.1. The van der Waals surface area contributed by atoms with Gasteiger partial charge in [-0.2, -0.15) is 0 Å². The second kappa shape index (κ2) is 9.06. The SMILES string of the molecule is CC1CN(CC(=O)Nc2ccc(N3CC(C)OC(C)C3)c([N+](=O)[O-])c2)CC(C)O1. The highest BCUT2D eigenvalue weighted by molar-refractivity contribution is 5.93. The van der Waals surface area contributed by atoms with E-state index in [0.29, 0.717) is 37.6 Å². The second-order valence-electron chi connectivity index (χ2n) is 8.12. The van der Waals surface area contributed by atoms with Crippen LogP contribution < -0.4 is 10.2 Å². The predicted molar refractivity (Wildman–Crippen MR) is 110 cm³/mol. The number of nitro benzene ring substituents is 1. The third-order valence-electron chi connectivity index (χ3n) is 5.08. The number of benzene rings is 1. The van der Waals surface area contributed by atoms with Gasteiger partial charge in [0.1, 0.15) is 5.69 Å². The Morgan fingerprint density at radius 1 is 1.07 bits per heavy atom. The molecular weight excluding hydrogens is 376 g/mol. The van der Waals surface area contributed by atoms with Crippen LogP contribution in [0.2, 0.25) is 0 Å². The van der Waals surface area contributed by atoms with Crippen molar-refractivity contribution < 1.29 is 19.2 Å². The van der Waals surface area contributed by atoms with Gasteiger partial charge in [-0.25, -0.2) is 0 Å². The van der Waals surface area contributed by atoms with Crippen LogP contribution in [0.25, 0.3) is 0 Å². The number of amides is 1. The molecule has 2 fully saturated rings. The Morgan fingerprint density at radius 3 is 2.17 bits per heavy atom. The predicted octanol–water partition coefficient (Wildman–Crippen LogP) is 2.26. The summed E-state index contributed by atoms with van der Waals surface area (Å²) in [6.45, 7) is 10.6. The Hall–Kier alpha value is -2.23. The van der Waals surface area contributed by atoms with Crippen molar-refractivity contribution in [3.63, 3.8) is 0 Å². The number of morpholine rings is 2. The van der Waals surface area contributed by atoms with Crippen molar-refractivity contribution in [2.24, 2.45) is 0 Å². The van der Waals surface area contributed by atoms with Crippen LogP contribution in [0.5, 0.6) is 0 Å². The van der Waals surface area contributed by atoms with E-state index in [9.17, 15) is 14.9 Å². The van der Waals surface area contributed by atoms with Gasteiger partial charge in [0.05, 0.1) is 35.9 Å². The fourth-order valence-corrected chi connectivity index (χ4v) is 4.21. The molecule has 2 saturated heterocycles. The molecule has 0 aliphatic carbocycles. The molecular formula is C20H30N4O5. The third kappa shape index (κ3) is 5.65. The summed E-state index contributed by atoms with van der Waals surface area (Å²) in [5.74, 6) is -0.193. The average molecular weight is 406 g/mol. The van der Waals surface area contributed by atoms with E-state index in [2.05, 4.69) is 5.32 Å². The van der Waals surface area contributed by atoms with E-state index in [1.807, 2.05) is 37.5 Å². The van der Waals surface area contributed by atoms with Crippen molar-refractivity contribution in [3.8, 4) is 0 Å². The van der Waals surface area contributed by atoms with Crippen molar-refractivity contribution in [3.05, 3.63) is 28.3 Å². The van der Waals surface area contributed by atoms with Crippen LogP contribution in [-0.2, 0) is 14.3 Å². The molecule has 9 heteroatoms. The normalized spacial score (nSPS) is 28.2. The van der Waals surface area contributed by atoms with Gasteiger partial charge >= 0.3 is 0 Å². The highest BCUT2D eigenvalue weighted by Crippen LogP contribution is 2.33. The van der Waals surface area contributed by atoms with Crippen molar-refractivity contribution in [1.29, 1.82) is 0 Å². The highest BCUT2D eigenvalue weighted by atomic mass is 16.6. The van der Waals surface area contributed by atoms with Crippen LogP contribution >= 0.6 is 0 Å². The molecule has 29 heavy (non-hydrogen) atoms. The summed E-state index contributed by atoms with van der Waals surface area (Å²) in [6, 6.07) is 4.86. The number of hydrogen-bond donors (Lipinski definition) is 1. The zero-order valence-corrected chi connectivity index (χ0v) is 17.5. The molecule has 1 aromatic carbocycles. The molecule has 0 saturated carbocycles. The number of anilines is 2. The Labute approximate surface area is 171 Å². The molecule has 2 aliphatic rings. The maximum Gasteiger partial charge on any atom is 0.294 e. The number of rotatable bonds is 5. The van der Waals surface area contributed by atoms with E-state index in [-0.39, 0.29) is 42.6 Å². The topological polar surface area (TPSA) is 97.2 Å². The smallest absolute Gasteiger partial charge is 0.294 e. The maximum absolute atomic E-state index is 12.5. The van der Waals surface area contributed by atoms with Crippen LogP contribution in [0.15, 0.2) is 18.2 Å². The lowest BCUT2D eigenvalue weighted by molar-refractivity contribution is -0.384. The van der Waals surface area contributed by atoms with E-state index in [1.54, 1.807) is 12.1 Å². The maximum atomic E-state index is 12.5. The molecule has 2 heterocycles. The van der Waals surface area contributed by atoms with Crippen LogP contribution in [0.1, 0.15) is 27.7 Å². The average Bonchev–Trinajstić information content (AvgIpc) is 2.59. The number of hydrogen-bond acceptors (Lipinski definition) is 7. The van der Waals surface area contributed by atoms with Crippen molar-refractivity contribution >= 4 is 23.0 Å². The number of carbonyl (C=O) groups is 1. The molecule has 0 radical (unpaired) electrons. The lowest BCUT2D eigenvalue weighted by Crippen LogP contribution is -2.48. The van der Waals surface area contributed by atoms with Gasteiger partial charge in [-0.1, -0.05) is 0 Å².